The quantitative estimate of drug-likeness (QED) is 0.396. The highest BCUT2D eigenvalue weighted by Gasteiger charge is 2.10. The van der Waals surface area contributed by atoms with E-state index in [1.165, 1.54) is 0 Å². The van der Waals surface area contributed by atoms with Crippen LogP contribution in [0.3, 0.4) is 0 Å². The molecular weight excluding hydrogens is 382 g/mol. The molecule has 0 bridgehead atoms. The number of H-pyrrole nitrogens is 1. The van der Waals surface area contributed by atoms with Crippen LogP contribution in [-0.2, 0) is 17.8 Å². The lowest BCUT2D eigenvalue weighted by Crippen LogP contribution is -2.25. The second-order valence-corrected chi connectivity index (χ2v) is 6.50. The molecule has 1 aromatic carbocycles. The summed E-state index contributed by atoms with van der Waals surface area (Å²) in [5.41, 5.74) is 1.31. The lowest BCUT2D eigenvalue weighted by atomic mass is 10.2. The fourth-order valence-corrected chi connectivity index (χ4v) is 2.66. The summed E-state index contributed by atoms with van der Waals surface area (Å²) in [5, 5.41) is 10.9. The third-order valence-corrected chi connectivity index (χ3v) is 4.24. The highest BCUT2D eigenvalue weighted by Crippen LogP contribution is 2.20. The van der Waals surface area contributed by atoms with Crippen LogP contribution in [0.2, 0.25) is 0 Å². The number of nitrogens with one attached hydrogen (secondary N) is 2. The number of nitrogens with zero attached hydrogens (tertiary/aromatic N) is 3. The Balaban J connectivity index is 1.57. The Bertz CT molecular complexity index is 1050. The summed E-state index contributed by atoms with van der Waals surface area (Å²) < 4.78 is 5.62. The van der Waals surface area contributed by atoms with E-state index in [0.29, 0.717) is 30.3 Å². The van der Waals surface area contributed by atoms with Crippen LogP contribution in [-0.4, -0.2) is 32.7 Å². The summed E-state index contributed by atoms with van der Waals surface area (Å²) in [4.78, 5) is 31.2. The van der Waals surface area contributed by atoms with Crippen molar-refractivity contribution in [3.63, 3.8) is 0 Å². The molecular formula is C22H23N5O3. The van der Waals surface area contributed by atoms with E-state index in [1.54, 1.807) is 18.3 Å². The number of carbonyl (C=O) groups excluding carboxylic acids is 1. The first-order valence-corrected chi connectivity index (χ1v) is 9.62. The first-order chi connectivity index (χ1) is 14.7. The van der Waals surface area contributed by atoms with Crippen molar-refractivity contribution in [3.8, 4) is 17.1 Å². The minimum atomic E-state index is -0.365. The van der Waals surface area contributed by atoms with Gasteiger partial charge in [-0.1, -0.05) is 24.3 Å². The molecule has 0 unspecified atom stereocenters. The molecule has 1 amide bonds. The van der Waals surface area contributed by atoms with Crippen molar-refractivity contribution in [2.24, 2.45) is 0 Å². The third-order valence-electron chi connectivity index (χ3n) is 4.24. The van der Waals surface area contributed by atoms with E-state index in [1.807, 2.05) is 36.4 Å². The third kappa shape index (κ3) is 6.10. The summed E-state index contributed by atoms with van der Waals surface area (Å²) in [7, 11) is 0. The fraction of sp³-hybridized carbons (Fsp3) is 0.227. The average molecular weight is 405 g/mol. The van der Waals surface area contributed by atoms with Crippen LogP contribution in [0.1, 0.15) is 24.2 Å². The number of carbonyl (C=O) groups is 1. The van der Waals surface area contributed by atoms with E-state index < -0.39 is 0 Å². The molecule has 30 heavy (non-hydrogen) atoms. The monoisotopic (exact) mass is 405 g/mol. The molecule has 154 valence electrons. The van der Waals surface area contributed by atoms with Crippen molar-refractivity contribution in [2.75, 3.05) is 6.61 Å². The number of aromatic nitrogens is 4. The molecule has 0 spiro atoms. The van der Waals surface area contributed by atoms with Gasteiger partial charge in [0.2, 0.25) is 5.91 Å². The Morgan fingerprint density at radius 2 is 2.10 bits per heavy atom. The summed E-state index contributed by atoms with van der Waals surface area (Å²) in [5.74, 6) is 0.832. The number of rotatable bonds is 10. The highest BCUT2D eigenvalue weighted by molar-refractivity contribution is 5.76. The molecule has 8 heteroatoms. The van der Waals surface area contributed by atoms with E-state index in [4.69, 9.17) is 4.74 Å². The van der Waals surface area contributed by atoms with Gasteiger partial charge in [0, 0.05) is 24.6 Å². The van der Waals surface area contributed by atoms with E-state index in [2.05, 4.69) is 32.1 Å². The maximum Gasteiger partial charge on any atom is 0.273 e. The molecule has 0 aliphatic heterocycles. The minimum absolute atomic E-state index is 0.135. The lowest BCUT2D eigenvalue weighted by Gasteiger charge is -2.07. The summed E-state index contributed by atoms with van der Waals surface area (Å²) in [6, 6.07) is 12.7. The predicted molar refractivity (Wildman–Crippen MR) is 113 cm³/mol. The van der Waals surface area contributed by atoms with Crippen LogP contribution in [0.15, 0.2) is 66.1 Å². The maximum absolute atomic E-state index is 12.4. The lowest BCUT2D eigenvalue weighted by molar-refractivity contribution is -0.121. The SMILES string of the molecule is C=CCCOc1cccc(-c2nnc(CCC(=O)NCc3ccccn3)c(=O)[nH]2)c1. The Morgan fingerprint density at radius 3 is 2.87 bits per heavy atom. The van der Waals surface area contributed by atoms with Crippen molar-refractivity contribution in [3.05, 3.63) is 83.1 Å². The molecule has 0 saturated carbocycles. The number of pyridine rings is 1. The fourth-order valence-electron chi connectivity index (χ4n) is 2.66. The molecule has 0 fully saturated rings. The van der Waals surface area contributed by atoms with Crippen LogP contribution in [0, 0.1) is 0 Å². The van der Waals surface area contributed by atoms with Crippen molar-refractivity contribution >= 4 is 5.91 Å². The van der Waals surface area contributed by atoms with E-state index >= 15 is 0 Å². The largest absolute Gasteiger partial charge is 0.493 e. The van der Waals surface area contributed by atoms with Crippen molar-refractivity contribution in [1.82, 2.24) is 25.5 Å². The van der Waals surface area contributed by atoms with Crippen LogP contribution in [0.25, 0.3) is 11.4 Å². The van der Waals surface area contributed by atoms with Crippen molar-refractivity contribution < 1.29 is 9.53 Å². The molecule has 0 radical (unpaired) electrons. The molecule has 3 aromatic rings. The number of amides is 1. The van der Waals surface area contributed by atoms with Gasteiger partial charge in [0.05, 0.1) is 18.8 Å². The first kappa shape index (κ1) is 20.9. The number of aromatic amines is 1. The zero-order valence-corrected chi connectivity index (χ0v) is 16.5. The van der Waals surface area contributed by atoms with E-state index in [0.717, 1.165) is 12.1 Å². The van der Waals surface area contributed by atoms with E-state index in [-0.39, 0.29) is 30.0 Å². The molecule has 0 aliphatic rings. The van der Waals surface area contributed by atoms with Gasteiger partial charge in [0.25, 0.3) is 5.56 Å². The molecule has 2 heterocycles. The van der Waals surface area contributed by atoms with Gasteiger partial charge in [-0.2, -0.15) is 0 Å². The van der Waals surface area contributed by atoms with Crippen LogP contribution in [0.4, 0.5) is 0 Å². The zero-order valence-electron chi connectivity index (χ0n) is 16.5. The van der Waals surface area contributed by atoms with Gasteiger partial charge < -0.3 is 15.0 Å². The summed E-state index contributed by atoms with van der Waals surface area (Å²) >= 11 is 0. The van der Waals surface area contributed by atoms with Crippen LogP contribution >= 0.6 is 0 Å². The normalized spacial score (nSPS) is 10.4. The Labute approximate surface area is 174 Å². The summed E-state index contributed by atoms with van der Waals surface area (Å²) in [6.07, 6.45) is 4.52. The standard InChI is InChI=1S/C22H23N5O3/c1-2-3-13-30-18-9-6-7-16(14-18)21-25-22(29)19(26-27-21)10-11-20(28)24-15-17-8-4-5-12-23-17/h2,4-9,12,14H,1,3,10-11,13,15H2,(H,24,28)(H,25,27,29). The highest BCUT2D eigenvalue weighted by atomic mass is 16.5. The van der Waals surface area contributed by atoms with Gasteiger partial charge in [-0.05, 0) is 30.7 Å². The summed E-state index contributed by atoms with van der Waals surface area (Å²) in [6.45, 7) is 4.52. The smallest absolute Gasteiger partial charge is 0.273 e. The molecule has 3 rings (SSSR count). The zero-order chi connectivity index (χ0) is 21.2. The van der Waals surface area contributed by atoms with Crippen LogP contribution < -0.4 is 15.6 Å². The molecule has 2 N–H and O–H groups in total. The van der Waals surface area contributed by atoms with Crippen molar-refractivity contribution in [1.29, 1.82) is 0 Å². The topological polar surface area (TPSA) is 110 Å². The van der Waals surface area contributed by atoms with Crippen molar-refractivity contribution in [2.45, 2.75) is 25.8 Å². The van der Waals surface area contributed by atoms with Gasteiger partial charge >= 0.3 is 0 Å². The van der Waals surface area contributed by atoms with Gasteiger partial charge in [-0.25, -0.2) is 0 Å². The Hall–Kier alpha value is -3.81. The van der Waals surface area contributed by atoms with Gasteiger partial charge in [-0.15, -0.1) is 16.8 Å². The second-order valence-electron chi connectivity index (χ2n) is 6.50. The number of ether oxygens (including phenoxy) is 1. The van der Waals surface area contributed by atoms with Gasteiger partial charge in [-0.3, -0.25) is 14.6 Å². The number of hydrogen-bond donors (Lipinski definition) is 2. The van der Waals surface area contributed by atoms with E-state index in [9.17, 15) is 9.59 Å². The molecule has 0 atom stereocenters. The number of benzene rings is 1. The molecule has 2 aromatic heterocycles. The average Bonchev–Trinajstić information content (AvgIpc) is 2.78. The maximum atomic E-state index is 12.4. The minimum Gasteiger partial charge on any atom is -0.493 e. The number of hydrogen-bond acceptors (Lipinski definition) is 6. The predicted octanol–water partition coefficient (Wildman–Crippen LogP) is 2.43. The second kappa shape index (κ2) is 10.7. The molecule has 0 saturated heterocycles. The first-order valence-electron chi connectivity index (χ1n) is 9.62. The van der Waals surface area contributed by atoms with Gasteiger partial charge in [0.15, 0.2) is 5.82 Å². The molecule has 8 nitrogen and oxygen atoms in total. The van der Waals surface area contributed by atoms with Gasteiger partial charge in [0.1, 0.15) is 11.4 Å². The Morgan fingerprint density at radius 1 is 1.20 bits per heavy atom. The number of aryl methyl sites for hydroxylation is 1. The van der Waals surface area contributed by atoms with Crippen LogP contribution in [0.5, 0.6) is 5.75 Å². The molecule has 0 aliphatic carbocycles. The Kier molecular flexibility index (Phi) is 7.43.